The average Bonchev–Trinajstić information content (AvgIpc) is 3.09. The van der Waals surface area contributed by atoms with Crippen LogP contribution in [0.5, 0.6) is 0 Å². The number of Topliss-reactive ketones (excluding diaryl/α,β-unsaturated/α-hetero) is 1. The Balaban J connectivity index is 1.54. The van der Waals surface area contributed by atoms with Crippen LogP contribution in [0.25, 0.3) is 0 Å². The minimum atomic E-state index is -3.36. The molecule has 0 bridgehead atoms. The summed E-state index contributed by atoms with van der Waals surface area (Å²) in [5, 5.41) is 36.5. The van der Waals surface area contributed by atoms with E-state index in [1.807, 2.05) is 19.1 Å². The molecular formula is C26H40NO8P. The smallest absolute Gasteiger partial charge is 0.370 e. The summed E-state index contributed by atoms with van der Waals surface area (Å²) in [5.74, 6) is -0.374. The lowest BCUT2D eigenvalue weighted by atomic mass is 9.46. The summed E-state index contributed by atoms with van der Waals surface area (Å²) in [4.78, 5) is 17.9. The van der Waals surface area contributed by atoms with Crippen LogP contribution < -0.4 is 0 Å². The molecule has 0 spiro atoms. The number of nitrogens with zero attached hydrogens (tertiary/aromatic N) is 1. The van der Waals surface area contributed by atoms with E-state index in [1.54, 1.807) is 13.8 Å². The SMILES string of the molecule is CCOP(=O)(CON=C1C=C[C@@]2(C)C(=C1)CCC1C2[C@@H](O)C[C@@]2(C)C1CC[C@]2(O)C(=O)CO)OCC. The molecule has 4 aliphatic rings. The maximum Gasteiger partial charge on any atom is 0.370 e. The van der Waals surface area contributed by atoms with Gasteiger partial charge in [0.15, 0.2) is 5.78 Å². The van der Waals surface area contributed by atoms with Gasteiger partial charge in [0.1, 0.15) is 17.9 Å². The van der Waals surface area contributed by atoms with Crippen LogP contribution in [0.2, 0.25) is 0 Å². The molecule has 3 N–H and O–H groups in total. The molecule has 0 amide bonds. The third-order valence-electron chi connectivity index (χ3n) is 9.30. The largest absolute Gasteiger partial charge is 0.393 e. The van der Waals surface area contributed by atoms with Gasteiger partial charge in [0.2, 0.25) is 6.35 Å². The van der Waals surface area contributed by atoms with Gasteiger partial charge in [-0.05, 0) is 69.9 Å². The normalized spacial score (nSPS) is 40.9. The Morgan fingerprint density at radius 1 is 1.22 bits per heavy atom. The molecule has 7 atom stereocenters. The van der Waals surface area contributed by atoms with Gasteiger partial charge in [-0.2, -0.15) is 0 Å². The van der Waals surface area contributed by atoms with Crippen LogP contribution in [-0.4, -0.2) is 64.7 Å². The first-order valence-corrected chi connectivity index (χ1v) is 14.7. The van der Waals surface area contributed by atoms with Crippen LogP contribution in [0.1, 0.15) is 59.8 Å². The highest BCUT2D eigenvalue weighted by atomic mass is 31.2. The van der Waals surface area contributed by atoms with Crippen molar-refractivity contribution in [1.82, 2.24) is 0 Å². The van der Waals surface area contributed by atoms with Crippen LogP contribution in [0.4, 0.5) is 0 Å². The van der Waals surface area contributed by atoms with Crippen LogP contribution in [0, 0.1) is 28.6 Å². The highest BCUT2D eigenvalue weighted by Crippen LogP contribution is 2.67. The molecule has 3 unspecified atom stereocenters. The van der Waals surface area contributed by atoms with Crippen molar-refractivity contribution in [3.8, 4) is 0 Å². The van der Waals surface area contributed by atoms with Crippen LogP contribution in [0.15, 0.2) is 29.0 Å². The minimum absolute atomic E-state index is 0.0583. The number of oxime groups is 1. The molecule has 0 heterocycles. The first kappa shape index (κ1) is 27.7. The van der Waals surface area contributed by atoms with Crippen LogP contribution in [-0.2, 0) is 23.2 Å². The minimum Gasteiger partial charge on any atom is -0.393 e. The topological polar surface area (TPSA) is 135 Å². The highest BCUT2D eigenvalue weighted by molar-refractivity contribution is 7.53. The van der Waals surface area contributed by atoms with Crippen molar-refractivity contribution in [1.29, 1.82) is 0 Å². The number of ketones is 1. The third kappa shape index (κ3) is 4.36. The number of aliphatic hydroxyl groups is 3. The second-order valence-electron chi connectivity index (χ2n) is 11.0. The molecular weight excluding hydrogens is 485 g/mol. The van der Waals surface area contributed by atoms with E-state index in [-0.39, 0.29) is 37.3 Å². The number of fused-ring (bicyclic) bond motifs is 5. The molecule has 9 nitrogen and oxygen atoms in total. The van der Waals surface area contributed by atoms with Crippen LogP contribution >= 0.6 is 7.60 Å². The van der Waals surface area contributed by atoms with Crippen molar-refractivity contribution >= 4 is 19.1 Å². The van der Waals surface area contributed by atoms with E-state index in [0.717, 1.165) is 18.4 Å². The number of hydrogen-bond acceptors (Lipinski definition) is 9. The van der Waals surface area contributed by atoms with Crippen molar-refractivity contribution in [3.05, 3.63) is 23.8 Å². The summed E-state index contributed by atoms with van der Waals surface area (Å²) in [5.41, 5.74) is -1.01. The lowest BCUT2D eigenvalue weighted by Crippen LogP contribution is -2.61. The van der Waals surface area contributed by atoms with Crippen molar-refractivity contribution in [2.24, 2.45) is 33.7 Å². The van der Waals surface area contributed by atoms with E-state index in [1.165, 1.54) is 0 Å². The molecule has 4 rings (SSSR count). The van der Waals surface area contributed by atoms with Gasteiger partial charge in [0, 0.05) is 16.7 Å². The first-order chi connectivity index (χ1) is 17.0. The van der Waals surface area contributed by atoms with E-state index >= 15 is 0 Å². The fraction of sp³-hybridized carbons (Fsp3) is 0.769. The Morgan fingerprint density at radius 2 is 1.92 bits per heavy atom. The first-order valence-electron chi connectivity index (χ1n) is 13.0. The highest BCUT2D eigenvalue weighted by Gasteiger charge is 2.67. The van der Waals surface area contributed by atoms with E-state index in [0.29, 0.717) is 25.0 Å². The van der Waals surface area contributed by atoms with Crippen molar-refractivity contribution < 1.29 is 38.6 Å². The van der Waals surface area contributed by atoms with Gasteiger partial charge in [-0.25, -0.2) is 0 Å². The zero-order valence-electron chi connectivity index (χ0n) is 21.7. The molecule has 0 aromatic heterocycles. The fourth-order valence-electron chi connectivity index (χ4n) is 7.67. The molecule has 202 valence electrons. The fourth-order valence-corrected chi connectivity index (χ4v) is 8.88. The molecule has 10 heteroatoms. The Bertz CT molecular complexity index is 1000. The van der Waals surface area contributed by atoms with E-state index in [9.17, 15) is 24.7 Å². The van der Waals surface area contributed by atoms with Gasteiger partial charge < -0.3 is 29.2 Å². The summed E-state index contributed by atoms with van der Waals surface area (Å²) in [6.07, 6.45) is 7.88. The molecule has 4 aliphatic carbocycles. The van der Waals surface area contributed by atoms with Gasteiger partial charge in [-0.15, -0.1) is 0 Å². The molecule has 3 saturated carbocycles. The molecule has 36 heavy (non-hydrogen) atoms. The molecule has 0 saturated heterocycles. The lowest BCUT2D eigenvalue weighted by molar-refractivity contribution is -0.178. The van der Waals surface area contributed by atoms with Gasteiger partial charge >= 0.3 is 7.60 Å². The standard InChI is InChI=1S/C26H40NO8P/c1-5-34-36(32,35-6-2)16-33-27-18-9-11-24(3)17(13-18)7-8-19-20-10-12-26(31,22(30)15-28)25(20,4)14-21(29)23(19)24/h9,11,13,19-21,23,28-29,31H,5-8,10,12,14-16H2,1-4H3/t19?,20?,21-,23?,24-,25-,26-/m0/s1. The number of allylic oxidation sites excluding steroid dienone is 4. The van der Waals surface area contributed by atoms with Gasteiger partial charge in [-0.3, -0.25) is 9.36 Å². The zero-order chi connectivity index (χ0) is 26.4. The summed E-state index contributed by atoms with van der Waals surface area (Å²) in [6, 6.07) is 0. The number of rotatable bonds is 9. The zero-order valence-corrected chi connectivity index (χ0v) is 22.6. The summed E-state index contributed by atoms with van der Waals surface area (Å²) >= 11 is 0. The Labute approximate surface area is 213 Å². The van der Waals surface area contributed by atoms with Gasteiger partial charge in [-0.1, -0.05) is 30.7 Å². The quantitative estimate of drug-likeness (QED) is 0.307. The van der Waals surface area contributed by atoms with Crippen molar-refractivity contribution in [3.63, 3.8) is 0 Å². The van der Waals surface area contributed by atoms with Crippen molar-refractivity contribution in [2.45, 2.75) is 71.5 Å². The van der Waals surface area contributed by atoms with Gasteiger partial charge in [0.25, 0.3) is 0 Å². The predicted molar refractivity (Wildman–Crippen MR) is 134 cm³/mol. The Kier molecular flexibility index (Phi) is 7.75. The molecule has 3 fully saturated rings. The molecule has 0 aromatic carbocycles. The van der Waals surface area contributed by atoms with Crippen molar-refractivity contribution in [2.75, 3.05) is 26.2 Å². The predicted octanol–water partition coefficient (Wildman–Crippen LogP) is 3.58. The monoisotopic (exact) mass is 525 g/mol. The maximum atomic E-state index is 12.6. The molecule has 0 radical (unpaired) electrons. The van der Waals surface area contributed by atoms with E-state index in [4.69, 9.17) is 13.9 Å². The summed E-state index contributed by atoms with van der Waals surface area (Å²) in [6.45, 7) is 7.32. The molecule has 0 aliphatic heterocycles. The second-order valence-corrected chi connectivity index (χ2v) is 13.0. The summed E-state index contributed by atoms with van der Waals surface area (Å²) < 4.78 is 23.1. The molecule has 0 aromatic rings. The lowest BCUT2D eigenvalue weighted by Gasteiger charge is -2.59. The maximum absolute atomic E-state index is 12.6. The third-order valence-corrected chi connectivity index (χ3v) is 11.0. The van der Waals surface area contributed by atoms with Gasteiger partial charge in [0.05, 0.1) is 19.3 Å². The summed E-state index contributed by atoms with van der Waals surface area (Å²) in [7, 11) is -3.36. The number of hydrogen-bond donors (Lipinski definition) is 3. The number of carbonyl (C=O) groups excluding carboxylic acids is 1. The van der Waals surface area contributed by atoms with E-state index in [2.05, 4.69) is 18.2 Å². The van der Waals surface area contributed by atoms with E-state index < -0.39 is 42.5 Å². The second kappa shape index (κ2) is 10.1. The number of carbonyl (C=O) groups is 1. The Hall–Kier alpha value is -1.35. The number of aliphatic hydroxyl groups excluding tert-OH is 2. The average molecular weight is 526 g/mol. The Morgan fingerprint density at radius 3 is 2.56 bits per heavy atom. The van der Waals surface area contributed by atoms with Crippen LogP contribution in [0.3, 0.4) is 0 Å².